The number of hydrogen-bond acceptors (Lipinski definition) is 3. The summed E-state index contributed by atoms with van der Waals surface area (Å²) in [5.74, 6) is 0.720. The number of nitrogens with one attached hydrogen (secondary N) is 1. The van der Waals surface area contributed by atoms with Gasteiger partial charge in [0.15, 0.2) is 0 Å². The second kappa shape index (κ2) is 7.62. The third kappa shape index (κ3) is 4.78. The third-order valence-corrected chi connectivity index (χ3v) is 4.50. The van der Waals surface area contributed by atoms with Crippen LogP contribution in [0, 0.1) is 5.92 Å². The van der Waals surface area contributed by atoms with E-state index in [1.165, 1.54) is 25.7 Å². The molecule has 0 spiro atoms. The molecule has 20 heavy (non-hydrogen) atoms. The number of carbonyl (C=O) groups excluding carboxylic acids is 2. The van der Waals surface area contributed by atoms with E-state index < -0.39 is 0 Å². The molecule has 2 aliphatic rings. The first-order valence-corrected chi connectivity index (χ1v) is 7.95. The zero-order chi connectivity index (χ0) is 14.4. The molecule has 5 heteroatoms. The molecule has 0 aromatic heterocycles. The van der Waals surface area contributed by atoms with Gasteiger partial charge in [-0.05, 0) is 25.2 Å². The van der Waals surface area contributed by atoms with Crippen LogP contribution in [0.25, 0.3) is 0 Å². The van der Waals surface area contributed by atoms with Gasteiger partial charge in [-0.25, -0.2) is 0 Å². The van der Waals surface area contributed by atoms with Gasteiger partial charge in [-0.3, -0.25) is 9.59 Å². The minimum Gasteiger partial charge on any atom is -0.347 e. The Balaban J connectivity index is 1.60. The molecule has 114 valence electrons. The number of hydrogen-bond donors (Lipinski definition) is 2. The lowest BCUT2D eigenvalue weighted by Gasteiger charge is -2.30. The molecule has 0 bridgehead atoms. The summed E-state index contributed by atoms with van der Waals surface area (Å²) in [5, 5.41) is 2.75. The molecule has 5 nitrogen and oxygen atoms in total. The lowest BCUT2D eigenvalue weighted by atomic mass is 10.0. The summed E-state index contributed by atoms with van der Waals surface area (Å²) >= 11 is 0. The van der Waals surface area contributed by atoms with Crippen LogP contribution >= 0.6 is 0 Å². The molecule has 0 radical (unpaired) electrons. The van der Waals surface area contributed by atoms with Crippen molar-refractivity contribution in [1.29, 1.82) is 0 Å². The van der Waals surface area contributed by atoms with Crippen LogP contribution in [-0.2, 0) is 9.59 Å². The standard InChI is InChI=1S/C15H27N3O2/c16-13-6-3-9-18(11-13)15(20)10-17-14(19)8-7-12-4-1-2-5-12/h12-13H,1-11,16H2,(H,17,19). The van der Waals surface area contributed by atoms with E-state index in [4.69, 9.17) is 5.73 Å². The van der Waals surface area contributed by atoms with E-state index in [2.05, 4.69) is 5.32 Å². The first-order chi connectivity index (χ1) is 9.65. The summed E-state index contributed by atoms with van der Waals surface area (Å²) < 4.78 is 0. The highest BCUT2D eigenvalue weighted by Gasteiger charge is 2.21. The van der Waals surface area contributed by atoms with Gasteiger partial charge in [0.05, 0.1) is 6.54 Å². The number of nitrogens with two attached hydrogens (primary N) is 1. The van der Waals surface area contributed by atoms with Crippen molar-refractivity contribution in [3.8, 4) is 0 Å². The fourth-order valence-electron chi connectivity index (χ4n) is 3.25. The molecule has 1 saturated heterocycles. The van der Waals surface area contributed by atoms with Crippen LogP contribution in [0.5, 0.6) is 0 Å². The number of nitrogens with zero attached hydrogens (tertiary/aromatic N) is 1. The highest BCUT2D eigenvalue weighted by Crippen LogP contribution is 2.28. The van der Waals surface area contributed by atoms with Crippen LogP contribution in [0.15, 0.2) is 0 Å². The van der Waals surface area contributed by atoms with Gasteiger partial charge in [-0.15, -0.1) is 0 Å². The molecule has 1 aliphatic heterocycles. The molecule has 2 fully saturated rings. The number of rotatable bonds is 5. The Morgan fingerprint density at radius 3 is 2.60 bits per heavy atom. The monoisotopic (exact) mass is 281 g/mol. The van der Waals surface area contributed by atoms with Crippen molar-refractivity contribution < 1.29 is 9.59 Å². The van der Waals surface area contributed by atoms with E-state index >= 15 is 0 Å². The Bertz CT molecular complexity index is 340. The van der Waals surface area contributed by atoms with Crippen LogP contribution in [0.1, 0.15) is 51.4 Å². The molecular formula is C15H27N3O2. The average Bonchev–Trinajstić information content (AvgIpc) is 2.95. The molecule has 1 aliphatic carbocycles. The maximum Gasteiger partial charge on any atom is 0.242 e. The lowest BCUT2D eigenvalue weighted by molar-refractivity contribution is -0.133. The van der Waals surface area contributed by atoms with Gasteiger partial charge in [-0.1, -0.05) is 25.7 Å². The van der Waals surface area contributed by atoms with Crippen molar-refractivity contribution in [3.05, 3.63) is 0 Å². The van der Waals surface area contributed by atoms with Gasteiger partial charge >= 0.3 is 0 Å². The quantitative estimate of drug-likeness (QED) is 0.790. The third-order valence-electron chi connectivity index (χ3n) is 4.50. The Hall–Kier alpha value is -1.10. The van der Waals surface area contributed by atoms with Crippen molar-refractivity contribution >= 4 is 11.8 Å². The predicted molar refractivity (Wildman–Crippen MR) is 78.0 cm³/mol. The van der Waals surface area contributed by atoms with Crippen LogP contribution < -0.4 is 11.1 Å². The molecule has 3 N–H and O–H groups in total. The molecule has 2 rings (SSSR count). The largest absolute Gasteiger partial charge is 0.347 e. The van der Waals surface area contributed by atoms with Crippen molar-refractivity contribution in [3.63, 3.8) is 0 Å². The minimum atomic E-state index is -0.00522. The first-order valence-electron chi connectivity index (χ1n) is 7.95. The Morgan fingerprint density at radius 1 is 1.15 bits per heavy atom. The van der Waals surface area contributed by atoms with E-state index in [0.29, 0.717) is 13.0 Å². The van der Waals surface area contributed by atoms with Gasteiger partial charge < -0.3 is 16.0 Å². The van der Waals surface area contributed by atoms with Crippen LogP contribution in [0.2, 0.25) is 0 Å². The molecule has 1 heterocycles. The molecule has 0 aromatic carbocycles. The van der Waals surface area contributed by atoms with E-state index in [9.17, 15) is 9.59 Å². The molecule has 1 saturated carbocycles. The van der Waals surface area contributed by atoms with E-state index in [1.54, 1.807) is 4.90 Å². The first kappa shape index (κ1) is 15.3. The average molecular weight is 281 g/mol. The Morgan fingerprint density at radius 2 is 1.90 bits per heavy atom. The summed E-state index contributed by atoms with van der Waals surface area (Å²) in [4.78, 5) is 25.5. The summed E-state index contributed by atoms with van der Waals surface area (Å²) in [6.07, 6.45) is 8.60. The molecule has 2 amide bonds. The lowest BCUT2D eigenvalue weighted by Crippen LogP contribution is -2.48. The second-order valence-corrected chi connectivity index (χ2v) is 6.21. The van der Waals surface area contributed by atoms with Crippen molar-refractivity contribution in [1.82, 2.24) is 10.2 Å². The minimum absolute atomic E-state index is 0.00522. The normalized spacial score (nSPS) is 23.9. The van der Waals surface area contributed by atoms with Gasteiger partial charge in [0, 0.05) is 25.6 Å². The summed E-state index contributed by atoms with van der Waals surface area (Å²) in [6.45, 7) is 1.51. The maximum absolute atomic E-state index is 12.0. The number of carbonyl (C=O) groups is 2. The van der Waals surface area contributed by atoms with Gasteiger partial charge in [-0.2, -0.15) is 0 Å². The topological polar surface area (TPSA) is 75.4 Å². The fourth-order valence-corrected chi connectivity index (χ4v) is 3.25. The van der Waals surface area contributed by atoms with Crippen molar-refractivity contribution in [2.24, 2.45) is 11.7 Å². The Kier molecular flexibility index (Phi) is 5.83. The van der Waals surface area contributed by atoms with Crippen LogP contribution in [0.4, 0.5) is 0 Å². The van der Waals surface area contributed by atoms with Crippen molar-refractivity contribution in [2.45, 2.75) is 57.4 Å². The van der Waals surface area contributed by atoms with Crippen LogP contribution in [-0.4, -0.2) is 42.4 Å². The zero-order valence-electron chi connectivity index (χ0n) is 12.3. The highest BCUT2D eigenvalue weighted by molar-refractivity contribution is 5.84. The summed E-state index contributed by atoms with van der Waals surface area (Å²) in [7, 11) is 0. The van der Waals surface area contributed by atoms with Gasteiger partial charge in [0.25, 0.3) is 0 Å². The molecule has 1 atom stereocenters. The number of piperidine rings is 1. The van der Waals surface area contributed by atoms with Gasteiger partial charge in [0.2, 0.25) is 11.8 Å². The summed E-state index contributed by atoms with van der Waals surface area (Å²) in [6, 6.07) is 0.0887. The maximum atomic E-state index is 12.0. The number of likely N-dealkylation sites (tertiary alicyclic amines) is 1. The highest BCUT2D eigenvalue weighted by atomic mass is 16.2. The van der Waals surface area contributed by atoms with E-state index in [0.717, 1.165) is 31.7 Å². The smallest absolute Gasteiger partial charge is 0.242 e. The number of amides is 2. The van der Waals surface area contributed by atoms with Crippen molar-refractivity contribution in [2.75, 3.05) is 19.6 Å². The molecule has 1 unspecified atom stereocenters. The molecular weight excluding hydrogens is 254 g/mol. The predicted octanol–water partition coefficient (Wildman–Crippen LogP) is 1.02. The second-order valence-electron chi connectivity index (χ2n) is 6.21. The molecule has 0 aromatic rings. The zero-order valence-corrected chi connectivity index (χ0v) is 12.3. The van der Waals surface area contributed by atoms with Gasteiger partial charge in [0.1, 0.15) is 0 Å². The van der Waals surface area contributed by atoms with Crippen LogP contribution in [0.3, 0.4) is 0 Å². The summed E-state index contributed by atoms with van der Waals surface area (Å²) in [5.41, 5.74) is 5.86. The van der Waals surface area contributed by atoms with E-state index in [-0.39, 0.29) is 24.4 Å². The van der Waals surface area contributed by atoms with E-state index in [1.807, 2.05) is 0 Å². The Labute approximate surface area is 121 Å². The SMILES string of the molecule is NC1CCCN(C(=O)CNC(=O)CCC2CCCC2)C1. The fraction of sp³-hybridized carbons (Fsp3) is 0.867.